The van der Waals surface area contributed by atoms with Gasteiger partial charge in [0.1, 0.15) is 11.6 Å². The average molecular weight is 433 g/mol. The summed E-state index contributed by atoms with van der Waals surface area (Å²) < 4.78 is 26.8. The van der Waals surface area contributed by atoms with E-state index in [1.54, 1.807) is 30.0 Å². The second-order valence-corrected chi connectivity index (χ2v) is 7.71. The van der Waals surface area contributed by atoms with Crippen LogP contribution in [0.25, 0.3) is 0 Å². The van der Waals surface area contributed by atoms with Crippen molar-refractivity contribution < 1.29 is 23.5 Å². The highest BCUT2D eigenvalue weighted by molar-refractivity contribution is 6.00. The Morgan fingerprint density at radius 3 is 2.10 bits per heavy atom. The number of halogens is 2. The van der Waals surface area contributed by atoms with E-state index in [9.17, 15) is 23.5 Å². The highest BCUT2D eigenvalue weighted by atomic mass is 19.1. The largest absolute Gasteiger partial charge is 0.394 e. The van der Waals surface area contributed by atoms with E-state index in [1.165, 1.54) is 0 Å². The summed E-state index contributed by atoms with van der Waals surface area (Å²) in [7, 11) is 0. The van der Waals surface area contributed by atoms with E-state index in [-0.39, 0.29) is 12.3 Å². The summed E-state index contributed by atoms with van der Waals surface area (Å²) in [4.78, 5) is 27.5. The van der Waals surface area contributed by atoms with Crippen molar-refractivity contribution in [3.63, 3.8) is 0 Å². The maximum Gasteiger partial charge on any atom is 0.253 e. The first-order chi connectivity index (χ1) is 14.8. The van der Waals surface area contributed by atoms with Gasteiger partial charge in [-0.25, -0.2) is 8.78 Å². The standard InChI is InChI=1S/C24H30F2N2O3/c1-4-6-28(7-5-2)24(31)19-9-16(3)8-18(13-19)23(30)27-22(15-29)12-17-10-20(25)14-21(26)11-17/h8-11,13-14,22,29H,4-7,12,15H2,1-3H3,(H,27,30)/t22-/m0/s1. The van der Waals surface area contributed by atoms with E-state index in [0.717, 1.165) is 36.6 Å². The smallest absolute Gasteiger partial charge is 0.253 e. The van der Waals surface area contributed by atoms with Crippen LogP contribution in [0.1, 0.15) is 58.5 Å². The maximum absolute atomic E-state index is 13.4. The van der Waals surface area contributed by atoms with E-state index in [2.05, 4.69) is 5.32 Å². The third-order valence-electron chi connectivity index (χ3n) is 4.82. The summed E-state index contributed by atoms with van der Waals surface area (Å²) in [5.74, 6) is -2.03. The van der Waals surface area contributed by atoms with Crippen molar-refractivity contribution in [2.75, 3.05) is 19.7 Å². The molecule has 1 atom stereocenters. The number of amides is 2. The first kappa shape index (κ1) is 24.5. The fourth-order valence-corrected chi connectivity index (χ4v) is 3.52. The number of aliphatic hydroxyl groups excluding tert-OH is 1. The Bertz CT molecular complexity index is 891. The minimum absolute atomic E-state index is 0.0648. The number of carbonyl (C=O) groups is 2. The molecule has 0 aliphatic carbocycles. The van der Waals surface area contributed by atoms with E-state index in [0.29, 0.717) is 29.8 Å². The molecular formula is C24H30F2N2O3. The van der Waals surface area contributed by atoms with Crippen LogP contribution >= 0.6 is 0 Å². The van der Waals surface area contributed by atoms with Crippen LogP contribution in [0.3, 0.4) is 0 Å². The summed E-state index contributed by atoms with van der Waals surface area (Å²) >= 11 is 0. The van der Waals surface area contributed by atoms with Crippen molar-refractivity contribution in [3.05, 3.63) is 70.3 Å². The van der Waals surface area contributed by atoms with E-state index >= 15 is 0 Å². The monoisotopic (exact) mass is 432 g/mol. The lowest BCUT2D eigenvalue weighted by molar-refractivity contribution is 0.0755. The quantitative estimate of drug-likeness (QED) is 0.599. The number of hydrogen-bond acceptors (Lipinski definition) is 3. The zero-order valence-electron chi connectivity index (χ0n) is 18.3. The molecule has 0 fully saturated rings. The SMILES string of the molecule is CCCN(CCC)C(=O)c1cc(C)cc(C(=O)N[C@H](CO)Cc2cc(F)cc(F)c2)c1. The van der Waals surface area contributed by atoms with Crippen LogP contribution in [-0.2, 0) is 6.42 Å². The summed E-state index contributed by atoms with van der Waals surface area (Å²) in [6, 6.07) is 7.31. The van der Waals surface area contributed by atoms with Crippen LogP contribution in [-0.4, -0.2) is 47.6 Å². The van der Waals surface area contributed by atoms with Crippen molar-refractivity contribution in [1.82, 2.24) is 10.2 Å². The van der Waals surface area contributed by atoms with Crippen molar-refractivity contribution in [2.45, 2.75) is 46.1 Å². The summed E-state index contributed by atoms with van der Waals surface area (Å²) in [5.41, 5.74) is 1.81. The summed E-state index contributed by atoms with van der Waals surface area (Å²) in [6.07, 6.45) is 1.74. The fourth-order valence-electron chi connectivity index (χ4n) is 3.52. The van der Waals surface area contributed by atoms with E-state index in [1.807, 2.05) is 13.8 Å². The fraction of sp³-hybridized carbons (Fsp3) is 0.417. The summed E-state index contributed by atoms with van der Waals surface area (Å²) in [6.45, 7) is 6.69. The third-order valence-corrected chi connectivity index (χ3v) is 4.82. The van der Waals surface area contributed by atoms with Crippen LogP contribution in [0.15, 0.2) is 36.4 Å². The Hall–Kier alpha value is -2.80. The normalized spacial score (nSPS) is 11.8. The average Bonchev–Trinajstić information content (AvgIpc) is 2.71. The molecule has 2 amide bonds. The topological polar surface area (TPSA) is 69.6 Å². The lowest BCUT2D eigenvalue weighted by Gasteiger charge is -2.22. The van der Waals surface area contributed by atoms with Gasteiger partial charge in [-0.3, -0.25) is 9.59 Å². The van der Waals surface area contributed by atoms with E-state index in [4.69, 9.17) is 0 Å². The maximum atomic E-state index is 13.4. The molecule has 0 saturated carbocycles. The molecule has 5 nitrogen and oxygen atoms in total. The Morgan fingerprint density at radius 2 is 1.55 bits per heavy atom. The van der Waals surface area contributed by atoms with Gasteiger partial charge in [-0.1, -0.05) is 13.8 Å². The van der Waals surface area contributed by atoms with Crippen LogP contribution in [0.4, 0.5) is 8.78 Å². The Labute approximate surface area is 182 Å². The van der Waals surface area contributed by atoms with Crippen LogP contribution in [0.2, 0.25) is 0 Å². The predicted octanol–water partition coefficient (Wildman–Crippen LogP) is 3.87. The molecule has 168 valence electrons. The van der Waals surface area contributed by atoms with Crippen molar-refractivity contribution >= 4 is 11.8 Å². The number of hydrogen-bond donors (Lipinski definition) is 2. The van der Waals surface area contributed by atoms with Gasteiger partial charge in [-0.2, -0.15) is 0 Å². The molecule has 2 N–H and O–H groups in total. The zero-order valence-corrected chi connectivity index (χ0v) is 18.3. The molecule has 0 aromatic heterocycles. The van der Waals surface area contributed by atoms with Gasteiger partial charge >= 0.3 is 0 Å². The number of rotatable bonds is 10. The number of aliphatic hydroxyl groups is 1. The molecule has 0 heterocycles. The molecule has 7 heteroatoms. The second kappa shape index (κ2) is 11.6. The number of aryl methyl sites for hydroxylation is 1. The molecule has 2 aromatic carbocycles. The van der Waals surface area contributed by atoms with Gasteiger partial charge in [-0.15, -0.1) is 0 Å². The minimum atomic E-state index is -0.731. The van der Waals surface area contributed by atoms with Gasteiger partial charge in [-0.05, 0) is 67.6 Å². The Balaban J connectivity index is 2.19. The number of nitrogens with one attached hydrogen (secondary N) is 1. The predicted molar refractivity (Wildman–Crippen MR) is 116 cm³/mol. The molecule has 0 saturated heterocycles. The molecule has 0 aliphatic heterocycles. The van der Waals surface area contributed by atoms with Crippen LogP contribution in [0, 0.1) is 18.6 Å². The highest BCUT2D eigenvalue weighted by Gasteiger charge is 2.19. The number of carbonyl (C=O) groups excluding carboxylic acids is 2. The highest BCUT2D eigenvalue weighted by Crippen LogP contribution is 2.15. The first-order valence-electron chi connectivity index (χ1n) is 10.5. The second-order valence-electron chi connectivity index (χ2n) is 7.71. The molecule has 0 radical (unpaired) electrons. The molecule has 2 aromatic rings. The lowest BCUT2D eigenvalue weighted by atomic mass is 10.0. The number of nitrogens with zero attached hydrogens (tertiary/aromatic N) is 1. The minimum Gasteiger partial charge on any atom is -0.394 e. The Kier molecular flexibility index (Phi) is 9.12. The molecule has 0 spiro atoms. The lowest BCUT2D eigenvalue weighted by Crippen LogP contribution is -2.39. The third kappa shape index (κ3) is 7.14. The van der Waals surface area contributed by atoms with E-state index < -0.39 is 30.2 Å². The van der Waals surface area contributed by atoms with Gasteiger partial charge in [0, 0.05) is 30.3 Å². The van der Waals surface area contributed by atoms with Gasteiger partial charge in [0.15, 0.2) is 0 Å². The van der Waals surface area contributed by atoms with Gasteiger partial charge in [0.25, 0.3) is 11.8 Å². The molecule has 31 heavy (non-hydrogen) atoms. The number of benzene rings is 2. The Morgan fingerprint density at radius 1 is 0.968 bits per heavy atom. The molecule has 0 aliphatic rings. The first-order valence-corrected chi connectivity index (χ1v) is 10.5. The van der Waals surface area contributed by atoms with Crippen molar-refractivity contribution in [2.24, 2.45) is 0 Å². The zero-order chi connectivity index (χ0) is 23.0. The molecule has 0 bridgehead atoms. The van der Waals surface area contributed by atoms with Gasteiger partial charge in [0.05, 0.1) is 12.6 Å². The van der Waals surface area contributed by atoms with Crippen LogP contribution < -0.4 is 5.32 Å². The van der Waals surface area contributed by atoms with Crippen molar-refractivity contribution in [3.8, 4) is 0 Å². The van der Waals surface area contributed by atoms with Crippen molar-refractivity contribution in [1.29, 1.82) is 0 Å². The van der Waals surface area contributed by atoms with Crippen LogP contribution in [0.5, 0.6) is 0 Å². The molecular weight excluding hydrogens is 402 g/mol. The molecule has 2 rings (SSSR count). The summed E-state index contributed by atoms with van der Waals surface area (Å²) in [5, 5.41) is 12.3. The molecule has 0 unspecified atom stereocenters. The van der Waals surface area contributed by atoms with Gasteiger partial charge in [0.2, 0.25) is 0 Å². The van der Waals surface area contributed by atoms with Gasteiger partial charge < -0.3 is 15.3 Å².